The molecule has 0 saturated carbocycles. The molecule has 0 spiro atoms. The Morgan fingerprint density at radius 2 is 1.58 bits per heavy atom. The van der Waals surface area contributed by atoms with Gasteiger partial charge in [-0.05, 0) is 60.0 Å². The van der Waals surface area contributed by atoms with Gasteiger partial charge < -0.3 is 9.47 Å². The van der Waals surface area contributed by atoms with Gasteiger partial charge in [-0.2, -0.15) is 5.10 Å². The molecule has 4 aromatic rings. The van der Waals surface area contributed by atoms with Crippen molar-refractivity contribution in [1.29, 1.82) is 0 Å². The van der Waals surface area contributed by atoms with Gasteiger partial charge in [0.2, 0.25) is 0 Å². The van der Waals surface area contributed by atoms with E-state index in [0.29, 0.717) is 22.6 Å². The van der Waals surface area contributed by atoms with Crippen molar-refractivity contribution in [2.45, 2.75) is 6.92 Å². The van der Waals surface area contributed by atoms with Gasteiger partial charge in [0.15, 0.2) is 6.61 Å². The van der Waals surface area contributed by atoms with E-state index >= 15 is 0 Å². The molecule has 1 N–H and O–H groups in total. The van der Waals surface area contributed by atoms with E-state index < -0.39 is 11.9 Å². The van der Waals surface area contributed by atoms with Crippen molar-refractivity contribution < 1.29 is 19.1 Å². The monoisotopic (exact) mass is 542 g/mol. The van der Waals surface area contributed by atoms with Crippen molar-refractivity contribution >= 4 is 34.0 Å². The van der Waals surface area contributed by atoms with Crippen molar-refractivity contribution in [3.63, 3.8) is 0 Å². The zero-order valence-corrected chi connectivity index (χ0v) is 21.1. The Labute approximate surface area is 217 Å². The summed E-state index contributed by atoms with van der Waals surface area (Å²) in [5.74, 6) is -0.00181. The molecule has 4 rings (SSSR count). The first-order valence-electron chi connectivity index (χ1n) is 11.2. The van der Waals surface area contributed by atoms with E-state index in [1.165, 1.54) is 6.21 Å². The molecule has 0 aromatic heterocycles. The molecule has 0 saturated heterocycles. The third-order valence-corrected chi connectivity index (χ3v) is 5.76. The maximum Gasteiger partial charge on any atom is 0.343 e. The van der Waals surface area contributed by atoms with Gasteiger partial charge in [0.25, 0.3) is 5.91 Å². The molecule has 0 heterocycles. The summed E-state index contributed by atoms with van der Waals surface area (Å²) in [6, 6.07) is 29.8. The van der Waals surface area contributed by atoms with Crippen LogP contribution in [0.2, 0.25) is 0 Å². The van der Waals surface area contributed by atoms with Crippen LogP contribution in [0.3, 0.4) is 0 Å². The van der Waals surface area contributed by atoms with Crippen LogP contribution in [0, 0.1) is 6.92 Å². The van der Waals surface area contributed by atoms with Crippen molar-refractivity contribution in [3.8, 4) is 22.6 Å². The highest BCUT2D eigenvalue weighted by molar-refractivity contribution is 9.10. The molecule has 1 amide bonds. The third kappa shape index (κ3) is 6.67. The van der Waals surface area contributed by atoms with Gasteiger partial charge >= 0.3 is 5.97 Å². The van der Waals surface area contributed by atoms with Crippen LogP contribution in [0.5, 0.6) is 11.5 Å². The number of rotatable bonds is 8. The number of aryl methyl sites for hydroxylation is 1. The van der Waals surface area contributed by atoms with E-state index in [0.717, 1.165) is 21.2 Å². The Morgan fingerprint density at radius 1 is 0.889 bits per heavy atom. The fourth-order valence-corrected chi connectivity index (χ4v) is 3.78. The van der Waals surface area contributed by atoms with Crippen LogP contribution in [0.4, 0.5) is 0 Å². The lowest BCUT2D eigenvalue weighted by atomic mass is 10.1. The van der Waals surface area contributed by atoms with Crippen LogP contribution >= 0.6 is 15.9 Å². The normalized spacial score (nSPS) is 10.7. The zero-order chi connectivity index (χ0) is 25.3. The molecule has 0 radical (unpaired) electrons. The second-order valence-electron chi connectivity index (χ2n) is 7.86. The molecule has 180 valence electrons. The molecule has 4 aromatic carbocycles. The van der Waals surface area contributed by atoms with E-state index in [9.17, 15) is 9.59 Å². The Balaban J connectivity index is 1.33. The highest BCUT2D eigenvalue weighted by Gasteiger charge is 2.13. The fourth-order valence-electron chi connectivity index (χ4n) is 3.40. The van der Waals surface area contributed by atoms with Crippen LogP contribution in [0.25, 0.3) is 11.1 Å². The fraction of sp³-hybridized carbons (Fsp3) is 0.0690. The number of benzene rings is 4. The van der Waals surface area contributed by atoms with Gasteiger partial charge in [0, 0.05) is 10.0 Å². The minimum Gasteiger partial charge on any atom is -0.484 e. The lowest BCUT2D eigenvalue weighted by Gasteiger charge is -2.09. The molecule has 0 fully saturated rings. The van der Waals surface area contributed by atoms with Gasteiger partial charge in [0.05, 0.1) is 11.8 Å². The minimum absolute atomic E-state index is 0.199. The number of nitrogens with one attached hydrogen (secondary N) is 1. The number of amides is 1. The molecule has 0 aliphatic carbocycles. The van der Waals surface area contributed by atoms with E-state index in [4.69, 9.17) is 9.47 Å². The highest BCUT2D eigenvalue weighted by Crippen LogP contribution is 2.24. The Hall–Kier alpha value is -4.23. The SMILES string of the molecule is Cc1ccccc1C(=O)Oc1ccc(Br)cc1C=NNC(=O)COc1ccc(-c2ccccc2)cc1. The molecule has 0 aliphatic rings. The topological polar surface area (TPSA) is 77.0 Å². The molecule has 0 atom stereocenters. The summed E-state index contributed by atoms with van der Waals surface area (Å²) < 4.78 is 11.9. The second kappa shape index (κ2) is 12.0. The maximum atomic E-state index is 12.6. The van der Waals surface area contributed by atoms with Gasteiger partial charge in [0.1, 0.15) is 11.5 Å². The van der Waals surface area contributed by atoms with Gasteiger partial charge in [-0.3, -0.25) is 4.79 Å². The molecule has 36 heavy (non-hydrogen) atoms. The van der Waals surface area contributed by atoms with E-state index in [1.54, 1.807) is 30.3 Å². The molecule has 7 heteroatoms. The van der Waals surface area contributed by atoms with E-state index in [2.05, 4.69) is 26.5 Å². The number of carbonyl (C=O) groups is 2. The molecule has 0 bridgehead atoms. The average Bonchev–Trinajstić information content (AvgIpc) is 2.90. The first kappa shape index (κ1) is 24.9. The largest absolute Gasteiger partial charge is 0.484 e. The van der Waals surface area contributed by atoms with E-state index in [-0.39, 0.29) is 6.61 Å². The van der Waals surface area contributed by atoms with Crippen LogP contribution in [-0.4, -0.2) is 24.7 Å². The first-order chi connectivity index (χ1) is 17.5. The summed E-state index contributed by atoms with van der Waals surface area (Å²) in [4.78, 5) is 24.8. The maximum absolute atomic E-state index is 12.6. The molecule has 0 aliphatic heterocycles. The van der Waals surface area contributed by atoms with Gasteiger partial charge in [-0.25, -0.2) is 10.2 Å². The summed E-state index contributed by atoms with van der Waals surface area (Å²) in [7, 11) is 0. The Kier molecular flexibility index (Phi) is 8.26. The number of halogens is 1. The standard InChI is InChI=1S/C29H23BrN2O4/c1-20-7-5-6-10-26(20)29(34)36-27-16-13-24(30)17-23(27)18-31-32-28(33)19-35-25-14-11-22(12-15-25)21-8-3-2-4-9-21/h2-18H,19H2,1H3,(H,32,33). The lowest BCUT2D eigenvalue weighted by Crippen LogP contribution is -2.24. The number of hydrogen-bond donors (Lipinski definition) is 1. The van der Waals surface area contributed by atoms with Crippen molar-refractivity contribution in [2.24, 2.45) is 5.10 Å². The first-order valence-corrected chi connectivity index (χ1v) is 12.0. The summed E-state index contributed by atoms with van der Waals surface area (Å²) in [5, 5.41) is 3.99. The van der Waals surface area contributed by atoms with Gasteiger partial charge in [-0.1, -0.05) is 76.6 Å². The number of nitrogens with zero attached hydrogens (tertiary/aromatic N) is 1. The molecular weight excluding hydrogens is 520 g/mol. The number of carbonyl (C=O) groups excluding carboxylic acids is 2. The predicted molar refractivity (Wildman–Crippen MR) is 143 cm³/mol. The van der Waals surface area contributed by atoms with Crippen LogP contribution in [0.15, 0.2) is 107 Å². The number of hydrogen-bond acceptors (Lipinski definition) is 5. The predicted octanol–water partition coefficient (Wildman–Crippen LogP) is 6.17. The lowest BCUT2D eigenvalue weighted by molar-refractivity contribution is -0.123. The number of ether oxygens (including phenoxy) is 2. The molecule has 0 unspecified atom stereocenters. The summed E-state index contributed by atoms with van der Waals surface area (Å²) in [5.41, 5.74) is 6.41. The Bertz CT molecular complexity index is 1390. The van der Waals surface area contributed by atoms with Crippen LogP contribution < -0.4 is 14.9 Å². The number of esters is 1. The summed E-state index contributed by atoms with van der Waals surface area (Å²) in [6.07, 6.45) is 1.41. The smallest absolute Gasteiger partial charge is 0.343 e. The van der Waals surface area contributed by atoms with Crippen molar-refractivity contribution in [3.05, 3.63) is 118 Å². The molecular formula is C29H23BrN2O4. The van der Waals surface area contributed by atoms with E-state index in [1.807, 2.05) is 73.7 Å². The number of hydrazone groups is 1. The quantitative estimate of drug-likeness (QED) is 0.125. The minimum atomic E-state index is -0.471. The summed E-state index contributed by atoms with van der Waals surface area (Å²) in [6.45, 7) is 1.64. The van der Waals surface area contributed by atoms with Crippen molar-refractivity contribution in [2.75, 3.05) is 6.61 Å². The molecule has 6 nitrogen and oxygen atoms in total. The van der Waals surface area contributed by atoms with Crippen LogP contribution in [-0.2, 0) is 4.79 Å². The highest BCUT2D eigenvalue weighted by atomic mass is 79.9. The zero-order valence-electron chi connectivity index (χ0n) is 19.5. The van der Waals surface area contributed by atoms with Gasteiger partial charge in [-0.15, -0.1) is 0 Å². The van der Waals surface area contributed by atoms with Crippen LogP contribution in [0.1, 0.15) is 21.5 Å². The summed E-state index contributed by atoms with van der Waals surface area (Å²) >= 11 is 3.40. The second-order valence-corrected chi connectivity index (χ2v) is 8.77. The third-order valence-electron chi connectivity index (χ3n) is 5.26. The average molecular weight is 543 g/mol. The van der Waals surface area contributed by atoms with Crippen molar-refractivity contribution in [1.82, 2.24) is 5.43 Å². The Morgan fingerprint density at radius 3 is 2.33 bits per heavy atom.